The first-order valence-electron chi connectivity index (χ1n) is 5.58. The van der Waals surface area contributed by atoms with Crippen LogP contribution in [-0.2, 0) is 7.05 Å². The highest BCUT2D eigenvalue weighted by atomic mass is 35.5. The Bertz CT molecular complexity index is 524. The van der Waals surface area contributed by atoms with Gasteiger partial charge in [-0.3, -0.25) is 4.68 Å². The highest BCUT2D eigenvalue weighted by Gasteiger charge is 2.12. The zero-order valence-electron chi connectivity index (χ0n) is 10.2. The van der Waals surface area contributed by atoms with Crippen molar-refractivity contribution in [1.82, 2.24) is 9.78 Å². The number of hydrogen-bond acceptors (Lipinski definition) is 2. The molecule has 0 fully saturated rings. The first-order valence-corrected chi connectivity index (χ1v) is 5.96. The highest BCUT2D eigenvalue weighted by molar-refractivity contribution is 6.30. The summed E-state index contributed by atoms with van der Waals surface area (Å²) >= 11 is 6.05. The van der Waals surface area contributed by atoms with Crippen LogP contribution in [-0.4, -0.2) is 9.78 Å². The quantitative estimate of drug-likeness (QED) is 0.886. The van der Waals surface area contributed by atoms with Gasteiger partial charge in [-0.1, -0.05) is 31.5 Å². The molecule has 1 heterocycles. The summed E-state index contributed by atoms with van der Waals surface area (Å²) in [5.74, 6) is 1.07. The maximum absolute atomic E-state index is 6.05. The number of nitrogen functional groups attached to an aromatic ring is 1. The van der Waals surface area contributed by atoms with Gasteiger partial charge in [0.2, 0.25) is 0 Å². The first kappa shape index (κ1) is 12.0. The van der Waals surface area contributed by atoms with Crippen molar-refractivity contribution in [3.8, 4) is 11.3 Å². The Kier molecular flexibility index (Phi) is 3.11. The van der Waals surface area contributed by atoms with Crippen LogP contribution in [0, 0.1) is 0 Å². The average Bonchev–Trinajstić information content (AvgIpc) is 2.58. The van der Waals surface area contributed by atoms with Crippen LogP contribution in [0.15, 0.2) is 24.3 Å². The summed E-state index contributed by atoms with van der Waals surface area (Å²) < 4.78 is 1.67. The lowest BCUT2D eigenvalue weighted by Crippen LogP contribution is -1.97. The summed E-state index contributed by atoms with van der Waals surface area (Å²) in [7, 11) is 1.83. The van der Waals surface area contributed by atoms with Crippen molar-refractivity contribution >= 4 is 17.4 Å². The fraction of sp³-hybridized carbons (Fsp3) is 0.308. The molecule has 0 aliphatic rings. The van der Waals surface area contributed by atoms with Crippen LogP contribution < -0.4 is 5.73 Å². The van der Waals surface area contributed by atoms with Crippen molar-refractivity contribution in [3.63, 3.8) is 0 Å². The van der Waals surface area contributed by atoms with Gasteiger partial charge in [-0.15, -0.1) is 0 Å². The number of benzene rings is 1. The third-order valence-corrected chi connectivity index (χ3v) is 3.06. The van der Waals surface area contributed by atoms with Crippen LogP contribution in [0.3, 0.4) is 0 Å². The minimum absolute atomic E-state index is 0.422. The van der Waals surface area contributed by atoms with Crippen LogP contribution in [0.4, 0.5) is 5.82 Å². The van der Waals surface area contributed by atoms with Crippen molar-refractivity contribution in [2.75, 3.05) is 5.73 Å². The summed E-state index contributed by atoms with van der Waals surface area (Å²) in [6.07, 6.45) is 0. The molecule has 0 aliphatic carbocycles. The second-order valence-electron chi connectivity index (χ2n) is 4.46. The molecule has 1 aromatic heterocycles. The lowest BCUT2D eigenvalue weighted by atomic mass is 9.95. The topological polar surface area (TPSA) is 43.8 Å². The van der Waals surface area contributed by atoms with Gasteiger partial charge in [0.25, 0.3) is 0 Å². The van der Waals surface area contributed by atoms with E-state index in [4.69, 9.17) is 17.3 Å². The third-order valence-electron chi connectivity index (χ3n) is 2.83. The number of rotatable bonds is 2. The van der Waals surface area contributed by atoms with Gasteiger partial charge < -0.3 is 5.73 Å². The highest BCUT2D eigenvalue weighted by Crippen LogP contribution is 2.31. The van der Waals surface area contributed by atoms with Crippen LogP contribution in [0.1, 0.15) is 25.3 Å². The Labute approximate surface area is 106 Å². The van der Waals surface area contributed by atoms with Gasteiger partial charge in [0.15, 0.2) is 0 Å². The minimum atomic E-state index is 0.422. The molecule has 0 saturated carbocycles. The normalized spacial score (nSPS) is 11.1. The molecule has 0 amide bonds. The molecule has 0 spiro atoms. The number of aryl methyl sites for hydroxylation is 1. The Morgan fingerprint density at radius 1 is 1.29 bits per heavy atom. The number of nitrogens with two attached hydrogens (primary N) is 1. The Morgan fingerprint density at radius 3 is 2.53 bits per heavy atom. The van der Waals surface area contributed by atoms with Gasteiger partial charge in [-0.25, -0.2) is 0 Å². The van der Waals surface area contributed by atoms with E-state index in [0.29, 0.717) is 16.8 Å². The maximum Gasteiger partial charge on any atom is 0.121 e. The monoisotopic (exact) mass is 249 g/mol. The van der Waals surface area contributed by atoms with Crippen LogP contribution in [0.2, 0.25) is 5.02 Å². The van der Waals surface area contributed by atoms with Gasteiger partial charge >= 0.3 is 0 Å². The Hall–Kier alpha value is -1.48. The molecule has 0 atom stereocenters. The zero-order chi connectivity index (χ0) is 12.6. The van der Waals surface area contributed by atoms with Crippen LogP contribution in [0.5, 0.6) is 0 Å². The molecule has 0 bridgehead atoms. The summed E-state index contributed by atoms with van der Waals surface area (Å²) in [6, 6.07) is 7.77. The van der Waals surface area contributed by atoms with E-state index < -0.39 is 0 Å². The lowest BCUT2D eigenvalue weighted by molar-refractivity contribution is 0.780. The average molecular weight is 250 g/mol. The molecule has 1 aromatic carbocycles. The largest absolute Gasteiger partial charge is 0.384 e. The van der Waals surface area contributed by atoms with E-state index in [0.717, 1.165) is 11.3 Å². The van der Waals surface area contributed by atoms with Crippen molar-refractivity contribution in [2.24, 2.45) is 7.05 Å². The van der Waals surface area contributed by atoms with Gasteiger partial charge in [0.1, 0.15) is 5.82 Å². The smallest absolute Gasteiger partial charge is 0.121 e. The van der Waals surface area contributed by atoms with E-state index in [1.807, 2.05) is 31.3 Å². The van der Waals surface area contributed by atoms with Crippen molar-refractivity contribution in [1.29, 1.82) is 0 Å². The van der Waals surface area contributed by atoms with Crippen LogP contribution >= 0.6 is 11.6 Å². The Balaban J connectivity index is 2.60. The molecule has 2 rings (SSSR count). The SMILES string of the molecule is CC(C)c1ccc(Cl)cc1-c1cc(N)n(C)n1. The second-order valence-corrected chi connectivity index (χ2v) is 4.90. The number of aromatic nitrogens is 2. The van der Waals surface area contributed by atoms with E-state index in [2.05, 4.69) is 18.9 Å². The standard InChI is InChI=1S/C13H16ClN3/c1-8(2)10-5-4-9(14)6-11(10)12-7-13(15)17(3)16-12/h4-8H,15H2,1-3H3. The molecule has 90 valence electrons. The maximum atomic E-state index is 6.05. The third kappa shape index (κ3) is 2.29. The van der Waals surface area contributed by atoms with E-state index in [1.54, 1.807) is 4.68 Å². The van der Waals surface area contributed by atoms with Crippen LogP contribution in [0.25, 0.3) is 11.3 Å². The fourth-order valence-corrected chi connectivity index (χ4v) is 2.04. The molecule has 4 heteroatoms. The minimum Gasteiger partial charge on any atom is -0.384 e. The summed E-state index contributed by atoms with van der Waals surface area (Å²) in [5.41, 5.74) is 8.97. The van der Waals surface area contributed by atoms with Crippen molar-refractivity contribution in [2.45, 2.75) is 19.8 Å². The van der Waals surface area contributed by atoms with Gasteiger partial charge in [-0.2, -0.15) is 5.10 Å². The van der Waals surface area contributed by atoms with E-state index in [9.17, 15) is 0 Å². The number of hydrogen-bond donors (Lipinski definition) is 1. The summed E-state index contributed by atoms with van der Waals surface area (Å²) in [4.78, 5) is 0. The first-order chi connectivity index (χ1) is 7.99. The molecule has 0 aliphatic heterocycles. The van der Waals surface area contributed by atoms with Gasteiger partial charge in [-0.05, 0) is 23.6 Å². The molecule has 17 heavy (non-hydrogen) atoms. The predicted molar refractivity (Wildman–Crippen MR) is 72.2 cm³/mol. The zero-order valence-corrected chi connectivity index (χ0v) is 11.0. The number of halogens is 1. The molecule has 2 N–H and O–H groups in total. The molecule has 2 aromatic rings. The predicted octanol–water partition coefficient (Wildman–Crippen LogP) is 3.45. The molecule has 0 unspecified atom stereocenters. The summed E-state index contributed by atoms with van der Waals surface area (Å²) in [6.45, 7) is 4.30. The van der Waals surface area contributed by atoms with E-state index >= 15 is 0 Å². The van der Waals surface area contributed by atoms with E-state index in [-0.39, 0.29) is 0 Å². The number of nitrogens with zero attached hydrogens (tertiary/aromatic N) is 2. The number of anilines is 1. The van der Waals surface area contributed by atoms with Crippen molar-refractivity contribution < 1.29 is 0 Å². The lowest BCUT2D eigenvalue weighted by Gasteiger charge is -2.11. The van der Waals surface area contributed by atoms with Gasteiger partial charge in [0.05, 0.1) is 5.69 Å². The van der Waals surface area contributed by atoms with Crippen molar-refractivity contribution in [3.05, 3.63) is 34.9 Å². The summed E-state index contributed by atoms with van der Waals surface area (Å²) in [5, 5.41) is 5.11. The van der Waals surface area contributed by atoms with E-state index in [1.165, 1.54) is 5.56 Å². The van der Waals surface area contributed by atoms with Gasteiger partial charge in [0, 0.05) is 23.7 Å². The molecule has 0 saturated heterocycles. The molecule has 0 radical (unpaired) electrons. The second kappa shape index (κ2) is 4.41. The Morgan fingerprint density at radius 2 is 2.00 bits per heavy atom. The molecule has 3 nitrogen and oxygen atoms in total. The fourth-order valence-electron chi connectivity index (χ4n) is 1.87. The molecular formula is C13H16ClN3. The molecular weight excluding hydrogens is 234 g/mol.